The molecule has 0 aliphatic heterocycles. The van der Waals surface area contributed by atoms with Crippen LogP contribution in [0.4, 0.5) is 0 Å². The van der Waals surface area contributed by atoms with Gasteiger partial charge in [-0.25, -0.2) is 0 Å². The summed E-state index contributed by atoms with van der Waals surface area (Å²) in [4.78, 5) is 15.1. The predicted molar refractivity (Wildman–Crippen MR) is 117 cm³/mol. The summed E-state index contributed by atoms with van der Waals surface area (Å²) in [6, 6.07) is 29.6. The normalized spacial score (nSPS) is 14.0. The Morgan fingerprint density at radius 2 is 1.24 bits per heavy atom. The number of amides is 1. The molecule has 29 heavy (non-hydrogen) atoms. The van der Waals surface area contributed by atoms with Crippen molar-refractivity contribution in [3.05, 3.63) is 108 Å². The largest absolute Gasteiger partial charge is 0.385 e. The van der Waals surface area contributed by atoms with E-state index in [0.29, 0.717) is 13.1 Å². The standard InChI is InChI=1S/C26H29NO2/c1-21(26(2,29)24-16-10-5-11-17-24)18-25(28)27(19-22-12-6-3-7-13-22)20-23-14-8-4-9-15-23/h3-17,21,29H,18-20H2,1-2H3. The minimum Gasteiger partial charge on any atom is -0.385 e. The van der Waals surface area contributed by atoms with Gasteiger partial charge in [-0.3, -0.25) is 4.79 Å². The average Bonchev–Trinajstić information content (AvgIpc) is 2.75. The number of nitrogens with zero attached hydrogens (tertiary/aromatic N) is 1. The van der Waals surface area contributed by atoms with Crippen LogP contribution in [-0.2, 0) is 23.5 Å². The van der Waals surface area contributed by atoms with Gasteiger partial charge >= 0.3 is 0 Å². The zero-order valence-corrected chi connectivity index (χ0v) is 17.2. The molecule has 3 nitrogen and oxygen atoms in total. The lowest BCUT2D eigenvalue weighted by Crippen LogP contribution is -2.37. The first-order valence-corrected chi connectivity index (χ1v) is 10.1. The van der Waals surface area contributed by atoms with Crippen LogP contribution in [0.1, 0.15) is 37.0 Å². The summed E-state index contributed by atoms with van der Waals surface area (Å²) in [5.41, 5.74) is 1.96. The Labute approximate surface area is 173 Å². The van der Waals surface area contributed by atoms with Crippen LogP contribution in [-0.4, -0.2) is 15.9 Å². The third-order valence-corrected chi connectivity index (χ3v) is 5.58. The summed E-state index contributed by atoms with van der Waals surface area (Å²) in [5.74, 6) is -0.173. The molecule has 0 aliphatic rings. The van der Waals surface area contributed by atoms with Gasteiger partial charge in [0.25, 0.3) is 0 Å². The molecule has 150 valence electrons. The third-order valence-electron chi connectivity index (χ3n) is 5.58. The molecule has 0 spiro atoms. The van der Waals surface area contributed by atoms with Crippen molar-refractivity contribution >= 4 is 5.91 Å². The van der Waals surface area contributed by atoms with E-state index in [4.69, 9.17) is 0 Å². The monoisotopic (exact) mass is 387 g/mol. The first-order chi connectivity index (χ1) is 14.0. The molecule has 2 unspecified atom stereocenters. The Kier molecular flexibility index (Phi) is 6.84. The Balaban J connectivity index is 1.76. The van der Waals surface area contributed by atoms with Crippen molar-refractivity contribution in [2.45, 2.75) is 39.0 Å². The molecular formula is C26H29NO2. The van der Waals surface area contributed by atoms with Gasteiger partial charge in [-0.05, 0) is 29.5 Å². The molecule has 3 heteroatoms. The second-order valence-electron chi connectivity index (χ2n) is 7.84. The van der Waals surface area contributed by atoms with Gasteiger partial charge in [0, 0.05) is 19.5 Å². The van der Waals surface area contributed by atoms with Crippen LogP contribution < -0.4 is 0 Å². The molecule has 0 aliphatic carbocycles. The molecule has 3 aromatic rings. The van der Waals surface area contributed by atoms with E-state index in [0.717, 1.165) is 16.7 Å². The van der Waals surface area contributed by atoms with E-state index in [-0.39, 0.29) is 18.2 Å². The predicted octanol–water partition coefficient (Wildman–Crippen LogP) is 5.15. The van der Waals surface area contributed by atoms with Gasteiger partial charge in [0.2, 0.25) is 5.91 Å². The topological polar surface area (TPSA) is 40.5 Å². The lowest BCUT2D eigenvalue weighted by atomic mass is 9.82. The average molecular weight is 388 g/mol. The number of rotatable bonds is 8. The molecule has 0 fully saturated rings. The smallest absolute Gasteiger partial charge is 0.223 e. The molecule has 3 rings (SSSR count). The maximum Gasteiger partial charge on any atom is 0.223 e. The Bertz CT molecular complexity index is 850. The highest BCUT2D eigenvalue weighted by Crippen LogP contribution is 2.32. The quantitative estimate of drug-likeness (QED) is 0.581. The molecule has 1 amide bonds. The van der Waals surface area contributed by atoms with Gasteiger partial charge < -0.3 is 10.0 Å². The fourth-order valence-electron chi connectivity index (χ4n) is 3.49. The van der Waals surface area contributed by atoms with Crippen LogP contribution >= 0.6 is 0 Å². The van der Waals surface area contributed by atoms with E-state index in [1.54, 1.807) is 6.92 Å². The molecule has 0 aromatic heterocycles. The molecule has 0 saturated carbocycles. The second-order valence-corrected chi connectivity index (χ2v) is 7.84. The maximum absolute atomic E-state index is 13.3. The Hall–Kier alpha value is -2.91. The van der Waals surface area contributed by atoms with Crippen LogP contribution in [0.3, 0.4) is 0 Å². The summed E-state index contributed by atoms with van der Waals surface area (Å²) in [6.07, 6.45) is 0.279. The number of aliphatic hydroxyl groups is 1. The molecule has 1 N–H and O–H groups in total. The van der Waals surface area contributed by atoms with Crippen molar-refractivity contribution in [1.82, 2.24) is 4.90 Å². The number of carbonyl (C=O) groups excluding carboxylic acids is 1. The van der Waals surface area contributed by atoms with Crippen molar-refractivity contribution in [2.24, 2.45) is 5.92 Å². The highest BCUT2D eigenvalue weighted by atomic mass is 16.3. The van der Waals surface area contributed by atoms with Crippen LogP contribution in [0.5, 0.6) is 0 Å². The number of benzene rings is 3. The van der Waals surface area contributed by atoms with Gasteiger partial charge in [0.05, 0.1) is 5.60 Å². The fourth-order valence-corrected chi connectivity index (χ4v) is 3.49. The maximum atomic E-state index is 13.3. The van der Waals surface area contributed by atoms with Crippen LogP contribution in [0.15, 0.2) is 91.0 Å². The zero-order chi connectivity index (χ0) is 20.7. The Morgan fingerprint density at radius 3 is 1.69 bits per heavy atom. The van der Waals surface area contributed by atoms with Crippen molar-refractivity contribution in [3.63, 3.8) is 0 Å². The first kappa shape index (κ1) is 20.8. The number of hydrogen-bond acceptors (Lipinski definition) is 2. The van der Waals surface area contributed by atoms with Gasteiger partial charge in [0.1, 0.15) is 0 Å². The molecule has 0 heterocycles. The summed E-state index contributed by atoms with van der Waals surface area (Å²) in [7, 11) is 0. The van der Waals surface area contributed by atoms with E-state index >= 15 is 0 Å². The van der Waals surface area contributed by atoms with Crippen molar-refractivity contribution in [3.8, 4) is 0 Å². The molecule has 3 aromatic carbocycles. The van der Waals surface area contributed by atoms with Gasteiger partial charge in [-0.1, -0.05) is 97.9 Å². The van der Waals surface area contributed by atoms with Crippen molar-refractivity contribution in [1.29, 1.82) is 0 Å². The summed E-state index contributed by atoms with van der Waals surface area (Å²) < 4.78 is 0. The SMILES string of the molecule is CC(CC(=O)N(Cc1ccccc1)Cc1ccccc1)C(C)(O)c1ccccc1. The summed E-state index contributed by atoms with van der Waals surface area (Å²) in [5, 5.41) is 11.1. The zero-order valence-electron chi connectivity index (χ0n) is 17.2. The third kappa shape index (κ3) is 5.55. The van der Waals surface area contributed by atoms with Gasteiger partial charge in [0.15, 0.2) is 0 Å². The highest BCUT2D eigenvalue weighted by Gasteiger charge is 2.32. The molecule has 0 bridgehead atoms. The van der Waals surface area contributed by atoms with Crippen LogP contribution in [0.2, 0.25) is 0 Å². The highest BCUT2D eigenvalue weighted by molar-refractivity contribution is 5.76. The molecular weight excluding hydrogens is 358 g/mol. The van der Waals surface area contributed by atoms with E-state index in [1.807, 2.05) is 103 Å². The summed E-state index contributed by atoms with van der Waals surface area (Å²) in [6.45, 7) is 4.83. The van der Waals surface area contributed by atoms with E-state index in [2.05, 4.69) is 0 Å². The van der Waals surface area contributed by atoms with Crippen LogP contribution in [0, 0.1) is 5.92 Å². The van der Waals surface area contributed by atoms with Crippen LogP contribution in [0.25, 0.3) is 0 Å². The second kappa shape index (κ2) is 9.53. The Morgan fingerprint density at radius 1 is 0.828 bits per heavy atom. The lowest BCUT2D eigenvalue weighted by molar-refractivity contribution is -0.136. The lowest BCUT2D eigenvalue weighted by Gasteiger charge is -2.32. The van der Waals surface area contributed by atoms with Gasteiger partial charge in [-0.2, -0.15) is 0 Å². The summed E-state index contributed by atoms with van der Waals surface area (Å²) >= 11 is 0. The fraction of sp³-hybridized carbons (Fsp3) is 0.269. The molecule has 0 saturated heterocycles. The van der Waals surface area contributed by atoms with E-state index in [1.165, 1.54) is 0 Å². The number of hydrogen-bond donors (Lipinski definition) is 1. The van der Waals surface area contributed by atoms with Gasteiger partial charge in [-0.15, -0.1) is 0 Å². The molecule has 2 atom stereocenters. The minimum absolute atomic E-state index is 0.0430. The van der Waals surface area contributed by atoms with E-state index < -0.39 is 5.60 Å². The molecule has 0 radical (unpaired) electrons. The van der Waals surface area contributed by atoms with Crippen molar-refractivity contribution < 1.29 is 9.90 Å². The number of carbonyl (C=O) groups is 1. The van der Waals surface area contributed by atoms with E-state index in [9.17, 15) is 9.90 Å². The minimum atomic E-state index is -1.07. The first-order valence-electron chi connectivity index (χ1n) is 10.1. The van der Waals surface area contributed by atoms with Crippen molar-refractivity contribution in [2.75, 3.05) is 0 Å².